The highest BCUT2D eigenvalue weighted by Gasteiger charge is 2.42. The van der Waals surface area contributed by atoms with Crippen molar-refractivity contribution >= 4 is 89.5 Å². The molecule has 0 N–H and O–H groups in total. The lowest BCUT2D eigenvalue weighted by atomic mass is 9.82. The molecule has 6 aromatic heterocycles. The Balaban J connectivity index is 1.32. The Bertz CT molecular complexity index is 4290. The van der Waals surface area contributed by atoms with Crippen molar-refractivity contribution in [1.29, 1.82) is 0 Å². The smallest absolute Gasteiger partial charge is 0.220 e. The molecule has 14 rings (SSSR count). The quantitative estimate of drug-likeness (QED) is 0.174. The average Bonchev–Trinajstić information content (AvgIpc) is 4.13. The van der Waals surface area contributed by atoms with Crippen LogP contribution in [-0.4, -0.2) is 27.6 Å². The van der Waals surface area contributed by atoms with Crippen LogP contribution in [0, 0.1) is 5.41 Å². The number of imidazole rings is 4. The predicted octanol–water partition coefficient (Wildman–Crippen LogP) is 13.2. The van der Waals surface area contributed by atoms with Crippen molar-refractivity contribution in [2.45, 2.75) is 91.9 Å². The number of benzene rings is 6. The molecule has 2 aliphatic rings. The molecule has 6 nitrogen and oxygen atoms in total. The number of rotatable bonds is 2. The number of hydrogen-bond donors (Lipinski definition) is 0. The molecule has 0 unspecified atom stereocenters. The van der Waals surface area contributed by atoms with E-state index in [0.29, 0.717) is 0 Å². The van der Waals surface area contributed by atoms with Gasteiger partial charge in [-0.15, -0.1) is 0 Å². The van der Waals surface area contributed by atoms with E-state index in [1.165, 1.54) is 110 Å². The van der Waals surface area contributed by atoms with Crippen LogP contribution >= 0.6 is 0 Å². The second kappa shape index (κ2) is 11.5. The summed E-state index contributed by atoms with van der Waals surface area (Å²) >= 11 is 0. The zero-order valence-electron chi connectivity index (χ0n) is 39.0. The average molecular weight is 845 g/mol. The summed E-state index contributed by atoms with van der Waals surface area (Å²) in [5.41, 5.74) is 21.9. The predicted molar refractivity (Wildman–Crippen MR) is 272 cm³/mol. The molecular weight excluding hydrogens is 793 g/mol. The van der Waals surface area contributed by atoms with E-state index in [9.17, 15) is 0 Å². The molecule has 65 heavy (non-hydrogen) atoms. The van der Waals surface area contributed by atoms with Gasteiger partial charge in [-0.3, -0.25) is 17.6 Å². The molecule has 12 aromatic rings. The first kappa shape index (κ1) is 37.5. The van der Waals surface area contributed by atoms with E-state index in [2.05, 4.69) is 197 Å². The molecule has 0 saturated heterocycles. The summed E-state index contributed by atoms with van der Waals surface area (Å²) in [5, 5.41) is 6.06. The highest BCUT2D eigenvalue weighted by molar-refractivity contribution is 6.33. The maximum absolute atomic E-state index is 5.71. The summed E-state index contributed by atoms with van der Waals surface area (Å²) < 4.78 is 10.1. The fraction of sp³-hybridized carbons (Fsp3) is 0.254. The van der Waals surface area contributed by atoms with E-state index < -0.39 is 0 Å². The molecule has 6 heteroatoms. The molecule has 0 spiro atoms. The summed E-state index contributed by atoms with van der Waals surface area (Å²) in [5.74, 6) is 1.89. The van der Waals surface area contributed by atoms with Crippen molar-refractivity contribution in [3.05, 3.63) is 142 Å². The summed E-state index contributed by atoms with van der Waals surface area (Å²) in [6.07, 6.45) is 7.59. The van der Waals surface area contributed by atoms with Gasteiger partial charge in [0.05, 0.1) is 55.0 Å². The SMILES string of the molecule is C=C/C=c1\c(=C/CC(C)(C)C)c2c3c(c4c5cc(C(C)(C)C)ccc5n5c4c2n2c4c6c(ccc4nc52)-c2ccccc2C6(C)C)n2c4c5c(ccc4nc2n13)-c1ccccc1C5(C)C. The Morgan fingerprint density at radius 1 is 0.569 bits per heavy atom. The van der Waals surface area contributed by atoms with Gasteiger partial charge < -0.3 is 0 Å². The Morgan fingerprint density at radius 3 is 1.65 bits per heavy atom. The van der Waals surface area contributed by atoms with Crippen LogP contribution in [0.2, 0.25) is 0 Å². The van der Waals surface area contributed by atoms with Gasteiger partial charge in [-0.2, -0.15) is 0 Å². The standard InChI is InChI=1S/C59H52N6/c1-12-17-42-36(28-29-56(2,3)4)44-50-53(65-49-41(60-54(65)62(42)50)26-24-35-33-19-14-16-21-39(33)59(10,11)47(35)49)45-37-30-31(57(5,6)7)22-27-43(37)63-51(45)52(44)64-48-40(61-55(63)64)25-23-34-32-18-13-15-20-38(32)58(8,9)46(34)48/h12-28,30H,1,29H2,2-11H3/b36-28+,42-17+. The minimum Gasteiger partial charge on any atom is -0.277 e. The van der Waals surface area contributed by atoms with Crippen molar-refractivity contribution in [2.75, 3.05) is 0 Å². The fourth-order valence-corrected chi connectivity index (χ4v) is 12.8. The molecular formula is C59H52N6. The third-order valence-corrected chi connectivity index (χ3v) is 15.7. The summed E-state index contributed by atoms with van der Waals surface area (Å²) in [4.78, 5) is 11.4. The van der Waals surface area contributed by atoms with Gasteiger partial charge in [-0.05, 0) is 97.7 Å². The summed E-state index contributed by atoms with van der Waals surface area (Å²) in [6, 6.07) is 34.3. The van der Waals surface area contributed by atoms with Crippen LogP contribution in [0.15, 0.2) is 104 Å². The number of hydrogen-bond acceptors (Lipinski definition) is 2. The zero-order valence-corrected chi connectivity index (χ0v) is 39.0. The van der Waals surface area contributed by atoms with Crippen molar-refractivity contribution < 1.29 is 0 Å². The molecule has 6 aromatic carbocycles. The van der Waals surface area contributed by atoms with Crippen LogP contribution in [0.1, 0.15) is 103 Å². The molecule has 0 saturated carbocycles. The van der Waals surface area contributed by atoms with Crippen molar-refractivity contribution in [2.24, 2.45) is 5.41 Å². The highest BCUT2D eigenvalue weighted by atomic mass is 15.2. The molecule has 6 heterocycles. The maximum atomic E-state index is 5.71. The van der Waals surface area contributed by atoms with E-state index in [1.807, 2.05) is 6.08 Å². The minimum absolute atomic E-state index is 0.0564. The van der Waals surface area contributed by atoms with Gasteiger partial charge >= 0.3 is 0 Å². The van der Waals surface area contributed by atoms with Gasteiger partial charge in [0.1, 0.15) is 0 Å². The third kappa shape index (κ3) is 4.28. The minimum atomic E-state index is -0.243. The van der Waals surface area contributed by atoms with E-state index in [1.54, 1.807) is 0 Å². The fourth-order valence-electron chi connectivity index (χ4n) is 12.8. The highest BCUT2D eigenvalue weighted by Crippen LogP contribution is 2.55. The van der Waals surface area contributed by atoms with Crippen LogP contribution in [-0.2, 0) is 16.2 Å². The lowest BCUT2D eigenvalue weighted by Crippen LogP contribution is -2.26. The Hall–Kier alpha value is -6.92. The number of fused-ring (bicyclic) bond motifs is 23. The molecule has 0 radical (unpaired) electrons. The molecule has 0 atom stereocenters. The zero-order chi connectivity index (χ0) is 44.6. The second-order valence-corrected chi connectivity index (χ2v) is 22.5. The lowest BCUT2D eigenvalue weighted by Gasteiger charge is -2.22. The Labute approximate surface area is 377 Å². The first-order valence-electron chi connectivity index (χ1n) is 23.4. The maximum Gasteiger partial charge on any atom is 0.220 e. The van der Waals surface area contributed by atoms with E-state index in [-0.39, 0.29) is 21.7 Å². The van der Waals surface area contributed by atoms with Gasteiger partial charge in [0.25, 0.3) is 0 Å². The van der Waals surface area contributed by atoms with Crippen LogP contribution in [0.3, 0.4) is 0 Å². The van der Waals surface area contributed by atoms with Crippen LogP contribution < -0.4 is 10.6 Å². The summed E-state index contributed by atoms with van der Waals surface area (Å²) in [7, 11) is 0. The molecule has 2 aliphatic carbocycles. The van der Waals surface area contributed by atoms with E-state index in [4.69, 9.17) is 9.97 Å². The van der Waals surface area contributed by atoms with Gasteiger partial charge in [-0.25, -0.2) is 9.97 Å². The molecule has 318 valence electrons. The van der Waals surface area contributed by atoms with Gasteiger partial charge in [0.2, 0.25) is 11.6 Å². The Kier molecular flexibility index (Phi) is 6.61. The molecule has 0 amide bonds. The van der Waals surface area contributed by atoms with Crippen molar-refractivity contribution in [3.63, 3.8) is 0 Å². The van der Waals surface area contributed by atoms with Gasteiger partial charge in [-0.1, -0.05) is 155 Å². The van der Waals surface area contributed by atoms with Crippen molar-refractivity contribution in [3.8, 4) is 22.3 Å². The molecule has 0 fully saturated rings. The number of allylic oxidation sites excluding steroid dienone is 1. The van der Waals surface area contributed by atoms with E-state index >= 15 is 0 Å². The first-order valence-corrected chi connectivity index (χ1v) is 23.4. The lowest BCUT2D eigenvalue weighted by molar-refractivity contribution is 0.431. The second-order valence-electron chi connectivity index (χ2n) is 22.5. The number of nitrogens with zero attached hydrogens (tertiary/aromatic N) is 6. The van der Waals surface area contributed by atoms with Crippen LogP contribution in [0.25, 0.3) is 112 Å². The van der Waals surface area contributed by atoms with E-state index in [0.717, 1.165) is 34.4 Å². The normalized spacial score (nSPS) is 16.4. The van der Waals surface area contributed by atoms with Crippen LogP contribution in [0.4, 0.5) is 0 Å². The monoisotopic (exact) mass is 844 g/mol. The third-order valence-electron chi connectivity index (χ3n) is 15.7. The Morgan fingerprint density at radius 2 is 1.09 bits per heavy atom. The largest absolute Gasteiger partial charge is 0.277 e. The molecule has 0 bridgehead atoms. The summed E-state index contributed by atoms with van der Waals surface area (Å²) in [6.45, 7) is 27.9. The first-order chi connectivity index (χ1) is 31.0. The molecule has 0 aliphatic heterocycles. The van der Waals surface area contributed by atoms with Crippen molar-refractivity contribution in [1.82, 2.24) is 27.6 Å². The van der Waals surface area contributed by atoms with Gasteiger partial charge in [0.15, 0.2) is 0 Å². The van der Waals surface area contributed by atoms with Crippen LogP contribution in [0.5, 0.6) is 0 Å². The van der Waals surface area contributed by atoms with Gasteiger partial charge in [0, 0.05) is 32.2 Å². The topological polar surface area (TPSA) is 43.4 Å². The number of aromatic nitrogens is 6.